The Labute approximate surface area is 177 Å². The van der Waals surface area contributed by atoms with Crippen molar-refractivity contribution in [1.29, 1.82) is 0 Å². The van der Waals surface area contributed by atoms with Crippen LogP contribution in [0.2, 0.25) is 0 Å². The summed E-state index contributed by atoms with van der Waals surface area (Å²) in [4.78, 5) is 4.75. The van der Waals surface area contributed by atoms with Crippen molar-refractivity contribution in [2.75, 3.05) is 0 Å². The zero-order valence-corrected chi connectivity index (χ0v) is 16.9. The van der Waals surface area contributed by atoms with Crippen LogP contribution in [0.5, 0.6) is 5.75 Å². The molecule has 0 atom stereocenters. The summed E-state index contributed by atoms with van der Waals surface area (Å²) in [6, 6.07) is 33.1. The second-order valence-electron chi connectivity index (χ2n) is 7.41. The lowest BCUT2D eigenvalue weighted by atomic mass is 9.92. The largest absolute Gasteiger partial charge is 0.507 e. The van der Waals surface area contributed by atoms with Crippen LogP contribution in [0.1, 0.15) is 0 Å². The zero-order chi connectivity index (χ0) is 20.1. The van der Waals surface area contributed by atoms with Gasteiger partial charge in [0.1, 0.15) is 10.8 Å². The molecule has 0 fully saturated rings. The summed E-state index contributed by atoms with van der Waals surface area (Å²) in [5.41, 5.74) is 3.96. The van der Waals surface area contributed by atoms with E-state index in [0.29, 0.717) is 0 Å². The molecule has 0 unspecified atom stereocenters. The summed E-state index contributed by atoms with van der Waals surface area (Å²) in [6.07, 6.45) is 0. The van der Waals surface area contributed by atoms with Crippen molar-refractivity contribution in [3.05, 3.63) is 97.1 Å². The normalized spacial score (nSPS) is 11.5. The third kappa shape index (κ3) is 2.67. The average molecular weight is 404 g/mol. The fourth-order valence-electron chi connectivity index (χ4n) is 4.16. The summed E-state index contributed by atoms with van der Waals surface area (Å²) >= 11 is 1.60. The predicted molar refractivity (Wildman–Crippen MR) is 127 cm³/mol. The molecule has 0 aliphatic carbocycles. The van der Waals surface area contributed by atoms with Gasteiger partial charge < -0.3 is 5.11 Å². The number of phenols is 1. The van der Waals surface area contributed by atoms with Crippen molar-refractivity contribution in [3.63, 3.8) is 0 Å². The lowest BCUT2D eigenvalue weighted by Gasteiger charge is -2.12. The first-order valence-electron chi connectivity index (χ1n) is 9.88. The minimum Gasteiger partial charge on any atom is -0.507 e. The molecule has 0 aliphatic heterocycles. The topological polar surface area (TPSA) is 33.1 Å². The minimum absolute atomic E-state index is 0.253. The molecule has 0 bridgehead atoms. The Hall–Kier alpha value is -3.69. The zero-order valence-electron chi connectivity index (χ0n) is 16.0. The smallest absolute Gasteiger partial charge is 0.128 e. The molecule has 0 spiro atoms. The Balaban J connectivity index is 1.61. The summed E-state index contributed by atoms with van der Waals surface area (Å²) in [5.74, 6) is 0.253. The van der Waals surface area contributed by atoms with Crippen LogP contribution in [0.3, 0.4) is 0 Å². The van der Waals surface area contributed by atoms with Crippen LogP contribution in [0.4, 0.5) is 0 Å². The van der Waals surface area contributed by atoms with E-state index in [4.69, 9.17) is 4.98 Å². The molecular weight excluding hydrogens is 386 g/mol. The van der Waals surface area contributed by atoms with Gasteiger partial charge in [-0.15, -0.1) is 11.3 Å². The van der Waals surface area contributed by atoms with E-state index in [1.54, 1.807) is 17.4 Å². The molecule has 142 valence electrons. The molecule has 0 radical (unpaired) electrons. The van der Waals surface area contributed by atoms with Crippen LogP contribution >= 0.6 is 11.3 Å². The first kappa shape index (κ1) is 17.2. The lowest BCUT2D eigenvalue weighted by molar-refractivity contribution is 0.477. The highest BCUT2D eigenvalue weighted by Crippen LogP contribution is 2.40. The molecule has 6 aromatic rings. The van der Waals surface area contributed by atoms with Gasteiger partial charge >= 0.3 is 0 Å². The number of hydrogen-bond donors (Lipinski definition) is 1. The van der Waals surface area contributed by atoms with Gasteiger partial charge in [-0.1, -0.05) is 66.7 Å². The van der Waals surface area contributed by atoms with Crippen molar-refractivity contribution in [3.8, 4) is 27.4 Å². The van der Waals surface area contributed by atoms with Crippen LogP contribution in [0, 0.1) is 0 Å². The summed E-state index contributed by atoms with van der Waals surface area (Å²) < 4.78 is 1.12. The highest BCUT2D eigenvalue weighted by atomic mass is 32.1. The number of thiazole rings is 1. The van der Waals surface area contributed by atoms with E-state index in [1.807, 2.05) is 24.3 Å². The molecule has 1 N–H and O–H groups in total. The average Bonchev–Trinajstić information content (AvgIpc) is 3.23. The van der Waals surface area contributed by atoms with Crippen molar-refractivity contribution >= 4 is 43.1 Å². The number of nitrogens with zero attached hydrogens (tertiary/aromatic N) is 1. The van der Waals surface area contributed by atoms with E-state index < -0.39 is 0 Å². The first-order valence-corrected chi connectivity index (χ1v) is 10.7. The Morgan fingerprint density at radius 3 is 2.23 bits per heavy atom. The third-order valence-electron chi connectivity index (χ3n) is 5.60. The molecular formula is C27H17NOS. The van der Waals surface area contributed by atoms with E-state index in [1.165, 1.54) is 21.5 Å². The van der Waals surface area contributed by atoms with Gasteiger partial charge in [0.2, 0.25) is 0 Å². The second-order valence-corrected chi connectivity index (χ2v) is 8.44. The lowest BCUT2D eigenvalue weighted by Crippen LogP contribution is -1.86. The van der Waals surface area contributed by atoms with Crippen LogP contribution in [-0.2, 0) is 0 Å². The standard InChI is InChI=1S/C27H17NOS/c29-25-14-13-18(16-23(25)27-28-24-11-5-6-12-26(24)30-27)22-15-17-7-1-2-8-19(17)20-9-3-4-10-21(20)22/h1-16,29H. The highest BCUT2D eigenvalue weighted by molar-refractivity contribution is 7.21. The Morgan fingerprint density at radius 2 is 1.37 bits per heavy atom. The van der Waals surface area contributed by atoms with Gasteiger partial charge in [-0.05, 0) is 63.0 Å². The second kappa shape index (κ2) is 6.68. The van der Waals surface area contributed by atoms with Crippen molar-refractivity contribution in [2.45, 2.75) is 0 Å². The summed E-state index contributed by atoms with van der Waals surface area (Å²) in [7, 11) is 0. The van der Waals surface area contributed by atoms with Crippen molar-refractivity contribution < 1.29 is 5.11 Å². The molecule has 1 aromatic heterocycles. The van der Waals surface area contributed by atoms with E-state index in [2.05, 4.69) is 66.7 Å². The van der Waals surface area contributed by atoms with Crippen LogP contribution in [0.15, 0.2) is 97.1 Å². The number of aromatic hydroxyl groups is 1. The van der Waals surface area contributed by atoms with E-state index in [-0.39, 0.29) is 5.75 Å². The van der Waals surface area contributed by atoms with Gasteiger partial charge in [-0.2, -0.15) is 0 Å². The van der Waals surface area contributed by atoms with E-state index in [0.717, 1.165) is 31.9 Å². The fraction of sp³-hybridized carbons (Fsp3) is 0. The summed E-state index contributed by atoms with van der Waals surface area (Å²) in [5, 5.41) is 16.3. The molecule has 0 aliphatic rings. The molecule has 0 saturated carbocycles. The van der Waals surface area contributed by atoms with Gasteiger partial charge in [-0.25, -0.2) is 4.98 Å². The molecule has 30 heavy (non-hydrogen) atoms. The Morgan fingerprint density at radius 1 is 0.633 bits per heavy atom. The van der Waals surface area contributed by atoms with Gasteiger partial charge in [0.05, 0.1) is 15.8 Å². The van der Waals surface area contributed by atoms with Gasteiger partial charge in [-0.3, -0.25) is 0 Å². The van der Waals surface area contributed by atoms with E-state index in [9.17, 15) is 5.11 Å². The van der Waals surface area contributed by atoms with Gasteiger partial charge in [0, 0.05) is 0 Å². The number of benzene rings is 5. The van der Waals surface area contributed by atoms with Gasteiger partial charge in [0.25, 0.3) is 0 Å². The maximum Gasteiger partial charge on any atom is 0.128 e. The number of fused-ring (bicyclic) bond motifs is 4. The molecule has 1 heterocycles. The number of hydrogen-bond acceptors (Lipinski definition) is 3. The molecule has 0 saturated heterocycles. The van der Waals surface area contributed by atoms with Crippen molar-refractivity contribution in [2.24, 2.45) is 0 Å². The minimum atomic E-state index is 0.253. The maximum atomic E-state index is 10.6. The van der Waals surface area contributed by atoms with Crippen LogP contribution in [0.25, 0.3) is 53.5 Å². The number of aromatic nitrogens is 1. The monoisotopic (exact) mass is 403 g/mol. The molecule has 3 heteroatoms. The summed E-state index contributed by atoms with van der Waals surface area (Å²) in [6.45, 7) is 0. The van der Waals surface area contributed by atoms with E-state index >= 15 is 0 Å². The number of para-hydroxylation sites is 1. The number of rotatable bonds is 2. The molecule has 5 aromatic carbocycles. The maximum absolute atomic E-state index is 10.6. The third-order valence-corrected chi connectivity index (χ3v) is 6.67. The van der Waals surface area contributed by atoms with Gasteiger partial charge in [0.15, 0.2) is 0 Å². The fourth-order valence-corrected chi connectivity index (χ4v) is 5.15. The Bertz CT molecular complexity index is 1530. The SMILES string of the molecule is Oc1ccc(-c2cc3ccccc3c3ccccc23)cc1-c1nc2ccccc2s1. The first-order chi connectivity index (χ1) is 14.8. The number of phenolic OH excluding ortho intramolecular Hbond substituents is 1. The van der Waals surface area contributed by atoms with Crippen LogP contribution in [-0.4, -0.2) is 10.1 Å². The predicted octanol–water partition coefficient (Wildman–Crippen LogP) is 7.64. The van der Waals surface area contributed by atoms with Crippen LogP contribution < -0.4 is 0 Å². The highest BCUT2D eigenvalue weighted by Gasteiger charge is 2.14. The quantitative estimate of drug-likeness (QED) is 0.301. The van der Waals surface area contributed by atoms with Crippen molar-refractivity contribution in [1.82, 2.24) is 4.98 Å². The molecule has 0 amide bonds. The molecule has 2 nitrogen and oxygen atoms in total. The Kier molecular flexibility index (Phi) is 3.83. The molecule has 6 rings (SSSR count).